The van der Waals surface area contributed by atoms with E-state index in [2.05, 4.69) is 42.5 Å². The third kappa shape index (κ3) is 2.22. The van der Waals surface area contributed by atoms with Crippen molar-refractivity contribution in [3.05, 3.63) is 28.5 Å². The molecule has 0 saturated heterocycles. The van der Waals surface area contributed by atoms with Gasteiger partial charge in [-0.2, -0.15) is 0 Å². The predicted molar refractivity (Wildman–Crippen MR) is 77.6 cm³/mol. The van der Waals surface area contributed by atoms with Gasteiger partial charge in [0.2, 0.25) is 0 Å². The molecule has 4 heteroatoms. The zero-order valence-corrected chi connectivity index (χ0v) is 12.2. The Kier molecular flexibility index (Phi) is 3.88. The Hall–Kier alpha value is -1.13. The number of aromatic amines is 1. The average Bonchev–Trinajstić information content (AvgIpc) is 2.63. The fourth-order valence-electron chi connectivity index (χ4n) is 2.41. The van der Waals surface area contributed by atoms with Gasteiger partial charge < -0.3 is 14.3 Å². The second-order valence-electron chi connectivity index (χ2n) is 5.04. The Morgan fingerprint density at radius 1 is 1.39 bits per heavy atom. The molecule has 1 aromatic carbocycles. The molecular formula is C14H20N2OS. The lowest BCUT2D eigenvalue weighted by atomic mass is 10.0. The molecule has 1 heterocycles. The van der Waals surface area contributed by atoms with Crippen molar-refractivity contribution in [2.45, 2.75) is 26.8 Å². The van der Waals surface area contributed by atoms with Crippen molar-refractivity contribution in [3.63, 3.8) is 0 Å². The Balaban J connectivity index is 2.68. The first kappa shape index (κ1) is 13.3. The number of nitrogens with one attached hydrogen (secondary N) is 1. The number of aryl methyl sites for hydroxylation is 1. The van der Waals surface area contributed by atoms with Crippen molar-refractivity contribution in [1.82, 2.24) is 9.55 Å². The maximum absolute atomic E-state index is 5.47. The van der Waals surface area contributed by atoms with Crippen molar-refractivity contribution in [1.29, 1.82) is 0 Å². The number of benzene rings is 1. The van der Waals surface area contributed by atoms with Crippen molar-refractivity contribution in [2.75, 3.05) is 13.7 Å². The minimum absolute atomic E-state index is 0.261. The zero-order valence-electron chi connectivity index (χ0n) is 11.4. The molecule has 0 aliphatic carbocycles. The van der Waals surface area contributed by atoms with Crippen LogP contribution in [0.1, 0.15) is 25.5 Å². The molecule has 2 rings (SSSR count). The van der Waals surface area contributed by atoms with Crippen LogP contribution in [0, 0.1) is 17.6 Å². The van der Waals surface area contributed by atoms with Crippen LogP contribution in [0.3, 0.4) is 0 Å². The largest absolute Gasteiger partial charge is 0.383 e. The van der Waals surface area contributed by atoms with E-state index < -0.39 is 0 Å². The summed E-state index contributed by atoms with van der Waals surface area (Å²) >= 11 is 5.47. The number of hydrogen-bond donors (Lipinski definition) is 1. The quantitative estimate of drug-likeness (QED) is 0.850. The highest BCUT2D eigenvalue weighted by Gasteiger charge is 2.19. The van der Waals surface area contributed by atoms with Gasteiger partial charge in [0.25, 0.3) is 0 Å². The maximum atomic E-state index is 5.47. The van der Waals surface area contributed by atoms with Crippen LogP contribution in [-0.2, 0) is 4.74 Å². The molecule has 0 aliphatic heterocycles. The monoisotopic (exact) mass is 264 g/mol. The lowest BCUT2D eigenvalue weighted by molar-refractivity contribution is 0.134. The lowest BCUT2D eigenvalue weighted by Crippen LogP contribution is -2.20. The molecule has 0 aliphatic rings. The van der Waals surface area contributed by atoms with Gasteiger partial charge in [0, 0.05) is 7.11 Å². The Labute approximate surface area is 113 Å². The first-order valence-corrected chi connectivity index (χ1v) is 6.66. The molecule has 0 fully saturated rings. The topological polar surface area (TPSA) is 29.9 Å². The van der Waals surface area contributed by atoms with Crippen molar-refractivity contribution < 1.29 is 4.74 Å². The van der Waals surface area contributed by atoms with Crippen LogP contribution in [0.4, 0.5) is 0 Å². The fourth-order valence-corrected chi connectivity index (χ4v) is 2.75. The van der Waals surface area contributed by atoms with Gasteiger partial charge in [-0.05, 0) is 36.7 Å². The molecule has 18 heavy (non-hydrogen) atoms. The maximum Gasteiger partial charge on any atom is 0.178 e. The molecule has 0 bridgehead atoms. The molecule has 0 saturated carbocycles. The van der Waals surface area contributed by atoms with Crippen LogP contribution < -0.4 is 0 Å². The molecule has 0 spiro atoms. The van der Waals surface area contributed by atoms with Gasteiger partial charge in [-0.25, -0.2) is 0 Å². The first-order valence-electron chi connectivity index (χ1n) is 6.25. The summed E-state index contributed by atoms with van der Waals surface area (Å²) in [6.45, 7) is 7.18. The highest BCUT2D eigenvalue weighted by Crippen LogP contribution is 2.26. The highest BCUT2D eigenvalue weighted by atomic mass is 32.1. The number of rotatable bonds is 4. The molecule has 0 amide bonds. The summed E-state index contributed by atoms with van der Waals surface area (Å²) in [5, 5.41) is 0. The molecule has 2 aromatic rings. The SMILES string of the molecule is COCC(C(C)C)n1c(=S)[nH]c2cccc(C)c21. The fraction of sp³-hybridized carbons (Fsp3) is 0.500. The van der Waals surface area contributed by atoms with E-state index in [1.807, 2.05) is 6.07 Å². The number of fused-ring (bicyclic) bond motifs is 1. The minimum atomic E-state index is 0.261. The summed E-state index contributed by atoms with van der Waals surface area (Å²) in [4.78, 5) is 3.28. The Morgan fingerprint density at radius 3 is 2.72 bits per heavy atom. The van der Waals surface area contributed by atoms with Crippen LogP contribution in [0.5, 0.6) is 0 Å². The number of nitrogens with zero attached hydrogens (tertiary/aromatic N) is 1. The van der Waals surface area contributed by atoms with Crippen LogP contribution in [0.15, 0.2) is 18.2 Å². The second-order valence-corrected chi connectivity index (χ2v) is 5.42. The Morgan fingerprint density at radius 2 is 2.11 bits per heavy atom. The summed E-state index contributed by atoms with van der Waals surface area (Å²) in [7, 11) is 1.74. The van der Waals surface area contributed by atoms with Crippen LogP contribution in [0.25, 0.3) is 11.0 Å². The third-order valence-electron chi connectivity index (χ3n) is 3.38. The number of hydrogen-bond acceptors (Lipinski definition) is 2. The first-order chi connectivity index (χ1) is 8.56. The van der Waals surface area contributed by atoms with Gasteiger partial charge in [-0.3, -0.25) is 0 Å². The van der Waals surface area contributed by atoms with Gasteiger partial charge in [-0.1, -0.05) is 26.0 Å². The second kappa shape index (κ2) is 5.24. The summed E-state index contributed by atoms with van der Waals surface area (Å²) in [5.74, 6) is 0.468. The number of para-hydroxylation sites is 1. The van der Waals surface area contributed by atoms with Crippen molar-refractivity contribution in [3.8, 4) is 0 Å². The lowest BCUT2D eigenvalue weighted by Gasteiger charge is -2.23. The number of ether oxygens (including phenoxy) is 1. The normalized spacial score (nSPS) is 13.4. The third-order valence-corrected chi connectivity index (χ3v) is 3.68. The Bertz CT molecular complexity index is 597. The summed E-state index contributed by atoms with van der Waals surface area (Å²) < 4.78 is 8.33. The minimum Gasteiger partial charge on any atom is -0.383 e. The molecule has 98 valence electrons. The summed E-state index contributed by atoms with van der Waals surface area (Å²) in [6, 6.07) is 6.50. The highest BCUT2D eigenvalue weighted by molar-refractivity contribution is 7.71. The number of H-pyrrole nitrogens is 1. The van der Waals surface area contributed by atoms with E-state index in [9.17, 15) is 0 Å². The van der Waals surface area contributed by atoms with E-state index in [-0.39, 0.29) is 6.04 Å². The van der Waals surface area contributed by atoms with E-state index >= 15 is 0 Å². The van der Waals surface area contributed by atoms with E-state index in [0.29, 0.717) is 12.5 Å². The average molecular weight is 264 g/mol. The number of methoxy groups -OCH3 is 1. The predicted octanol–water partition coefficient (Wildman–Crippen LogP) is 3.85. The molecular weight excluding hydrogens is 244 g/mol. The number of imidazole rings is 1. The molecule has 3 nitrogen and oxygen atoms in total. The van der Waals surface area contributed by atoms with Crippen molar-refractivity contribution >= 4 is 23.3 Å². The summed E-state index contributed by atoms with van der Waals surface area (Å²) in [6.07, 6.45) is 0. The van der Waals surface area contributed by atoms with Gasteiger partial charge in [-0.15, -0.1) is 0 Å². The smallest absolute Gasteiger partial charge is 0.178 e. The van der Waals surface area contributed by atoms with Gasteiger partial charge in [0.15, 0.2) is 4.77 Å². The van der Waals surface area contributed by atoms with Gasteiger partial charge >= 0.3 is 0 Å². The molecule has 1 atom stereocenters. The van der Waals surface area contributed by atoms with Gasteiger partial charge in [0.1, 0.15) is 0 Å². The van der Waals surface area contributed by atoms with Crippen LogP contribution in [0.2, 0.25) is 0 Å². The van der Waals surface area contributed by atoms with E-state index in [1.54, 1.807) is 7.11 Å². The number of aromatic nitrogens is 2. The van der Waals surface area contributed by atoms with Crippen LogP contribution in [-0.4, -0.2) is 23.3 Å². The van der Waals surface area contributed by atoms with E-state index in [4.69, 9.17) is 17.0 Å². The van der Waals surface area contributed by atoms with E-state index in [0.717, 1.165) is 10.3 Å². The van der Waals surface area contributed by atoms with Crippen molar-refractivity contribution in [2.24, 2.45) is 5.92 Å². The summed E-state index contributed by atoms with van der Waals surface area (Å²) in [5.41, 5.74) is 3.53. The standard InChI is InChI=1S/C14H20N2OS/c1-9(2)12(8-17-4)16-13-10(3)6-5-7-11(13)15-14(16)18/h5-7,9,12H,8H2,1-4H3,(H,15,18). The molecule has 1 aromatic heterocycles. The zero-order chi connectivity index (χ0) is 13.3. The van der Waals surface area contributed by atoms with Crippen LogP contribution >= 0.6 is 12.2 Å². The molecule has 1 unspecified atom stereocenters. The van der Waals surface area contributed by atoms with E-state index in [1.165, 1.54) is 11.1 Å². The molecule has 0 radical (unpaired) electrons. The molecule has 1 N–H and O–H groups in total. The van der Waals surface area contributed by atoms with Gasteiger partial charge in [0.05, 0.1) is 23.7 Å².